The maximum absolute atomic E-state index is 5.56. The number of halogens is 1. The van der Waals surface area contributed by atoms with Gasteiger partial charge < -0.3 is 9.73 Å². The first-order valence-electron chi connectivity index (χ1n) is 5.89. The third-order valence-electron chi connectivity index (χ3n) is 3.00. The molecule has 2 rings (SSSR count). The van der Waals surface area contributed by atoms with Crippen LogP contribution in [0.15, 0.2) is 16.5 Å². The molecular weight excluding hydrogens is 333 g/mol. The monoisotopic (exact) mass is 351 g/mol. The molecule has 1 aromatic rings. The van der Waals surface area contributed by atoms with Crippen LogP contribution in [0.5, 0.6) is 0 Å². The Hall–Kier alpha value is 0.320. The molecule has 4 heteroatoms. The van der Waals surface area contributed by atoms with E-state index in [9.17, 15) is 0 Å². The molecule has 1 aliphatic rings. The highest BCUT2D eigenvalue weighted by Gasteiger charge is 2.26. The third-order valence-corrected chi connectivity index (χ3v) is 4.91. The molecule has 0 aromatic carbocycles. The van der Waals surface area contributed by atoms with Crippen molar-refractivity contribution in [1.29, 1.82) is 0 Å². The van der Waals surface area contributed by atoms with Crippen molar-refractivity contribution < 1.29 is 4.42 Å². The summed E-state index contributed by atoms with van der Waals surface area (Å²) in [6.07, 6.45) is 4.05. The smallest absolute Gasteiger partial charge is 0.164 e. The highest BCUT2D eigenvalue weighted by atomic mass is 127. The van der Waals surface area contributed by atoms with E-state index in [2.05, 4.69) is 52.7 Å². The minimum absolute atomic E-state index is 0.674. The van der Waals surface area contributed by atoms with Gasteiger partial charge in [0, 0.05) is 11.3 Å². The van der Waals surface area contributed by atoms with E-state index in [4.69, 9.17) is 4.42 Å². The van der Waals surface area contributed by atoms with E-state index < -0.39 is 0 Å². The van der Waals surface area contributed by atoms with E-state index in [0.29, 0.717) is 6.04 Å². The minimum Gasteiger partial charge on any atom is -0.454 e. The Morgan fingerprint density at radius 3 is 3.06 bits per heavy atom. The number of nitrogens with one attached hydrogen (secondary N) is 1. The van der Waals surface area contributed by atoms with Gasteiger partial charge >= 0.3 is 0 Å². The second kappa shape index (κ2) is 6.31. The molecule has 1 fully saturated rings. The zero-order chi connectivity index (χ0) is 11.4. The van der Waals surface area contributed by atoms with Crippen LogP contribution in [0, 0.1) is 3.77 Å². The van der Waals surface area contributed by atoms with E-state index in [1.165, 1.54) is 25.0 Å². The summed E-state index contributed by atoms with van der Waals surface area (Å²) in [4.78, 5) is 0. The molecule has 2 nitrogen and oxygen atoms in total. The van der Waals surface area contributed by atoms with Gasteiger partial charge in [0.25, 0.3) is 0 Å². The van der Waals surface area contributed by atoms with Gasteiger partial charge in [-0.25, -0.2) is 0 Å². The lowest BCUT2D eigenvalue weighted by molar-refractivity contribution is 0.436. The van der Waals surface area contributed by atoms with Gasteiger partial charge in [0.05, 0.1) is 6.54 Å². The SMILES string of the molecule is CCSC1CCCC1NCc1ccc(I)o1. The Morgan fingerprint density at radius 2 is 2.38 bits per heavy atom. The maximum Gasteiger partial charge on any atom is 0.164 e. The molecule has 0 amide bonds. The molecule has 0 saturated heterocycles. The Labute approximate surface area is 115 Å². The zero-order valence-corrected chi connectivity index (χ0v) is 12.5. The largest absolute Gasteiger partial charge is 0.454 e. The predicted molar refractivity (Wildman–Crippen MR) is 77.8 cm³/mol. The number of furan rings is 1. The van der Waals surface area contributed by atoms with Crippen molar-refractivity contribution in [2.45, 2.75) is 44.0 Å². The van der Waals surface area contributed by atoms with Crippen LogP contribution in [-0.2, 0) is 6.54 Å². The lowest BCUT2D eigenvalue weighted by Gasteiger charge is -2.19. The van der Waals surface area contributed by atoms with E-state index in [0.717, 1.165) is 21.3 Å². The lowest BCUT2D eigenvalue weighted by atomic mass is 10.2. The fourth-order valence-electron chi connectivity index (χ4n) is 2.25. The fourth-order valence-corrected chi connectivity index (χ4v) is 3.94. The lowest BCUT2D eigenvalue weighted by Crippen LogP contribution is -2.33. The van der Waals surface area contributed by atoms with Crippen LogP contribution in [0.4, 0.5) is 0 Å². The minimum atomic E-state index is 0.674. The second-order valence-electron chi connectivity index (χ2n) is 4.12. The van der Waals surface area contributed by atoms with Crippen LogP contribution in [0.1, 0.15) is 31.9 Å². The second-order valence-corrected chi connectivity index (χ2v) is 6.70. The van der Waals surface area contributed by atoms with Crippen LogP contribution in [-0.4, -0.2) is 17.0 Å². The summed E-state index contributed by atoms with van der Waals surface area (Å²) in [7, 11) is 0. The molecular formula is C12H18INOS. The van der Waals surface area contributed by atoms with Crippen molar-refractivity contribution in [3.63, 3.8) is 0 Å². The quantitative estimate of drug-likeness (QED) is 0.820. The summed E-state index contributed by atoms with van der Waals surface area (Å²) in [6, 6.07) is 4.75. The normalized spacial score (nSPS) is 25.1. The average molecular weight is 351 g/mol. The standard InChI is InChI=1S/C12H18INOS/c1-2-16-11-5-3-4-10(11)14-8-9-6-7-12(13)15-9/h6-7,10-11,14H,2-5,8H2,1H3. The number of rotatable bonds is 5. The van der Waals surface area contributed by atoms with Gasteiger partial charge in [0.1, 0.15) is 5.76 Å². The molecule has 0 spiro atoms. The molecule has 1 saturated carbocycles. The Kier molecular flexibility index (Phi) is 5.03. The number of thioether (sulfide) groups is 1. The first-order chi connectivity index (χ1) is 7.79. The maximum atomic E-state index is 5.56. The van der Waals surface area contributed by atoms with Crippen molar-refractivity contribution in [2.75, 3.05) is 5.75 Å². The van der Waals surface area contributed by atoms with Crippen LogP contribution in [0.25, 0.3) is 0 Å². The predicted octanol–water partition coefficient (Wildman–Crippen LogP) is 3.65. The summed E-state index contributed by atoms with van der Waals surface area (Å²) in [6.45, 7) is 3.11. The van der Waals surface area contributed by atoms with Crippen LogP contribution in [0.3, 0.4) is 0 Å². The van der Waals surface area contributed by atoms with Crippen molar-refractivity contribution in [3.05, 3.63) is 21.7 Å². The van der Waals surface area contributed by atoms with Gasteiger partial charge in [-0.3, -0.25) is 0 Å². The highest BCUT2D eigenvalue weighted by molar-refractivity contribution is 14.1. The molecule has 0 radical (unpaired) electrons. The summed E-state index contributed by atoms with van der Waals surface area (Å²) in [5.74, 6) is 2.28. The van der Waals surface area contributed by atoms with E-state index >= 15 is 0 Å². The van der Waals surface area contributed by atoms with Crippen molar-refractivity contribution in [1.82, 2.24) is 5.32 Å². The molecule has 1 N–H and O–H groups in total. The Balaban J connectivity index is 1.80. The first kappa shape index (κ1) is 12.8. The summed E-state index contributed by atoms with van der Waals surface area (Å²) in [5.41, 5.74) is 0. The molecule has 0 bridgehead atoms. The van der Waals surface area contributed by atoms with E-state index in [-0.39, 0.29) is 0 Å². The highest BCUT2D eigenvalue weighted by Crippen LogP contribution is 2.30. The molecule has 2 unspecified atom stereocenters. The van der Waals surface area contributed by atoms with Crippen LogP contribution < -0.4 is 5.32 Å². The Morgan fingerprint density at radius 1 is 1.50 bits per heavy atom. The van der Waals surface area contributed by atoms with Gasteiger partial charge in [-0.05, 0) is 53.3 Å². The molecule has 1 aliphatic carbocycles. The Bertz CT molecular complexity index is 329. The summed E-state index contributed by atoms with van der Waals surface area (Å²) >= 11 is 4.30. The number of hydrogen-bond donors (Lipinski definition) is 1. The molecule has 2 atom stereocenters. The molecule has 0 aliphatic heterocycles. The van der Waals surface area contributed by atoms with Crippen LogP contribution >= 0.6 is 34.4 Å². The summed E-state index contributed by atoms with van der Waals surface area (Å²) in [5, 5.41) is 4.43. The zero-order valence-electron chi connectivity index (χ0n) is 9.54. The number of hydrogen-bond acceptors (Lipinski definition) is 3. The van der Waals surface area contributed by atoms with Gasteiger partial charge in [-0.15, -0.1) is 0 Å². The van der Waals surface area contributed by atoms with E-state index in [1.54, 1.807) is 0 Å². The average Bonchev–Trinajstić information content (AvgIpc) is 2.85. The van der Waals surface area contributed by atoms with Crippen molar-refractivity contribution in [3.8, 4) is 0 Å². The first-order valence-corrected chi connectivity index (χ1v) is 8.01. The third kappa shape index (κ3) is 3.40. The van der Waals surface area contributed by atoms with Gasteiger partial charge in [-0.1, -0.05) is 13.3 Å². The van der Waals surface area contributed by atoms with Crippen molar-refractivity contribution in [2.24, 2.45) is 0 Å². The topological polar surface area (TPSA) is 25.2 Å². The summed E-state index contributed by atoms with van der Waals surface area (Å²) < 4.78 is 6.53. The molecule has 1 heterocycles. The van der Waals surface area contributed by atoms with Crippen LogP contribution in [0.2, 0.25) is 0 Å². The van der Waals surface area contributed by atoms with Gasteiger partial charge in [-0.2, -0.15) is 11.8 Å². The molecule has 90 valence electrons. The molecule has 1 aromatic heterocycles. The van der Waals surface area contributed by atoms with Gasteiger partial charge in [0.15, 0.2) is 3.77 Å². The van der Waals surface area contributed by atoms with Crippen molar-refractivity contribution >= 4 is 34.4 Å². The fraction of sp³-hybridized carbons (Fsp3) is 0.667. The van der Waals surface area contributed by atoms with E-state index in [1.807, 2.05) is 6.07 Å². The molecule has 16 heavy (non-hydrogen) atoms. The van der Waals surface area contributed by atoms with Gasteiger partial charge in [0.2, 0.25) is 0 Å².